The van der Waals surface area contributed by atoms with Crippen LogP contribution in [0, 0.1) is 6.92 Å². The normalized spacial score (nSPS) is 18.1. The minimum absolute atomic E-state index is 0.210. The zero-order chi connectivity index (χ0) is 18.0. The van der Waals surface area contributed by atoms with Gasteiger partial charge in [0.2, 0.25) is 10.0 Å². The van der Waals surface area contributed by atoms with Gasteiger partial charge in [-0.05, 0) is 25.5 Å². The molecule has 9 heteroatoms. The Balaban J connectivity index is 1.78. The molecule has 0 spiro atoms. The lowest BCUT2D eigenvalue weighted by Gasteiger charge is -2.33. The van der Waals surface area contributed by atoms with E-state index in [1.165, 1.54) is 15.3 Å². The monoisotopic (exact) mass is 370 g/mol. The first kappa shape index (κ1) is 17.8. The van der Waals surface area contributed by atoms with Crippen LogP contribution in [-0.2, 0) is 14.8 Å². The summed E-state index contributed by atoms with van der Waals surface area (Å²) in [6.07, 6.45) is -0.407. The highest BCUT2D eigenvalue weighted by Gasteiger charge is 2.32. The molecule has 2 aliphatic heterocycles. The second kappa shape index (κ2) is 7.09. The molecule has 1 saturated heterocycles. The third kappa shape index (κ3) is 3.52. The Morgan fingerprint density at radius 2 is 1.72 bits per heavy atom. The number of sulfonamides is 1. The lowest BCUT2D eigenvalue weighted by molar-refractivity contribution is 0.0934. The number of fused-ring (bicyclic) bond motifs is 1. The number of benzene rings is 1. The molecule has 0 atom stereocenters. The number of hydrogen-bond acceptors (Lipinski definition) is 6. The first-order valence-electron chi connectivity index (χ1n) is 8.25. The van der Waals surface area contributed by atoms with Gasteiger partial charge in [-0.3, -0.25) is 0 Å². The maximum atomic E-state index is 13.0. The van der Waals surface area contributed by atoms with Crippen LogP contribution in [0.5, 0.6) is 11.5 Å². The van der Waals surface area contributed by atoms with Crippen molar-refractivity contribution < 1.29 is 27.4 Å². The van der Waals surface area contributed by atoms with Gasteiger partial charge in [-0.2, -0.15) is 4.31 Å². The molecule has 2 aliphatic rings. The van der Waals surface area contributed by atoms with Crippen LogP contribution in [0.15, 0.2) is 17.0 Å². The molecule has 0 aromatic heterocycles. The first-order valence-corrected chi connectivity index (χ1v) is 9.69. The highest BCUT2D eigenvalue weighted by molar-refractivity contribution is 7.89. The van der Waals surface area contributed by atoms with Crippen molar-refractivity contribution in [1.82, 2.24) is 9.21 Å². The molecule has 0 saturated carbocycles. The van der Waals surface area contributed by atoms with Crippen LogP contribution >= 0.6 is 0 Å². The number of ether oxygens (including phenoxy) is 3. The summed E-state index contributed by atoms with van der Waals surface area (Å²) >= 11 is 0. The maximum Gasteiger partial charge on any atom is 0.409 e. The van der Waals surface area contributed by atoms with Crippen LogP contribution < -0.4 is 9.47 Å². The summed E-state index contributed by atoms with van der Waals surface area (Å²) in [7, 11) is -3.67. The molecule has 0 bridgehead atoms. The SMILES string of the molecule is CCOC(=O)N1CCN(S(=O)(=O)c2cc3c(cc2C)OCCO3)CC1. The number of nitrogens with zero attached hydrogens (tertiary/aromatic N) is 2. The van der Waals surface area contributed by atoms with Gasteiger partial charge in [-0.1, -0.05) is 0 Å². The molecule has 0 radical (unpaired) electrons. The van der Waals surface area contributed by atoms with Gasteiger partial charge in [-0.15, -0.1) is 0 Å². The lowest BCUT2D eigenvalue weighted by Crippen LogP contribution is -2.50. The summed E-state index contributed by atoms with van der Waals surface area (Å²) < 4.78 is 43.3. The van der Waals surface area contributed by atoms with Crippen molar-refractivity contribution >= 4 is 16.1 Å². The highest BCUT2D eigenvalue weighted by Crippen LogP contribution is 2.35. The number of rotatable bonds is 3. The number of piperazine rings is 1. The number of carbonyl (C=O) groups is 1. The number of amides is 1. The Labute approximate surface area is 147 Å². The Kier molecular flexibility index (Phi) is 5.05. The molecular formula is C16H22N2O6S. The van der Waals surface area contributed by atoms with Crippen molar-refractivity contribution in [3.05, 3.63) is 17.7 Å². The summed E-state index contributed by atoms with van der Waals surface area (Å²) in [4.78, 5) is 13.5. The van der Waals surface area contributed by atoms with Crippen molar-refractivity contribution in [2.45, 2.75) is 18.7 Å². The van der Waals surface area contributed by atoms with E-state index in [4.69, 9.17) is 14.2 Å². The maximum absolute atomic E-state index is 13.0. The zero-order valence-electron chi connectivity index (χ0n) is 14.4. The van der Waals surface area contributed by atoms with Gasteiger partial charge in [0.25, 0.3) is 0 Å². The van der Waals surface area contributed by atoms with Crippen molar-refractivity contribution in [2.24, 2.45) is 0 Å². The lowest BCUT2D eigenvalue weighted by atomic mass is 10.2. The summed E-state index contributed by atoms with van der Waals surface area (Å²) in [6.45, 7) is 5.70. The predicted molar refractivity (Wildman–Crippen MR) is 89.5 cm³/mol. The topological polar surface area (TPSA) is 85.4 Å². The number of aryl methyl sites for hydroxylation is 1. The molecule has 25 heavy (non-hydrogen) atoms. The molecule has 0 N–H and O–H groups in total. The summed E-state index contributed by atoms with van der Waals surface area (Å²) in [6, 6.07) is 3.22. The Morgan fingerprint density at radius 3 is 2.32 bits per heavy atom. The van der Waals surface area contributed by atoms with Gasteiger partial charge < -0.3 is 19.1 Å². The smallest absolute Gasteiger partial charge is 0.409 e. The summed E-state index contributed by atoms with van der Waals surface area (Å²) in [5.74, 6) is 1.01. The van der Waals surface area contributed by atoms with E-state index in [-0.39, 0.29) is 18.0 Å². The van der Waals surface area contributed by atoms with E-state index in [9.17, 15) is 13.2 Å². The van der Waals surface area contributed by atoms with Crippen LogP contribution in [0.1, 0.15) is 12.5 Å². The van der Waals surface area contributed by atoms with Gasteiger partial charge in [-0.25, -0.2) is 13.2 Å². The first-order chi connectivity index (χ1) is 11.9. The summed E-state index contributed by atoms with van der Waals surface area (Å²) in [5, 5.41) is 0. The Bertz CT molecular complexity index is 756. The van der Waals surface area contributed by atoms with Gasteiger partial charge in [0.05, 0.1) is 11.5 Å². The molecule has 1 aromatic carbocycles. The van der Waals surface area contributed by atoms with Crippen molar-refractivity contribution in [1.29, 1.82) is 0 Å². The van der Waals surface area contributed by atoms with E-state index in [1.807, 2.05) is 0 Å². The van der Waals surface area contributed by atoms with Crippen molar-refractivity contribution in [2.75, 3.05) is 46.0 Å². The average Bonchev–Trinajstić information content (AvgIpc) is 2.61. The quantitative estimate of drug-likeness (QED) is 0.796. The Hall–Kier alpha value is -2.00. The molecular weight excluding hydrogens is 348 g/mol. The van der Waals surface area contributed by atoms with E-state index in [0.717, 1.165) is 0 Å². The van der Waals surface area contributed by atoms with Crippen molar-refractivity contribution in [3.8, 4) is 11.5 Å². The minimum Gasteiger partial charge on any atom is -0.486 e. The fourth-order valence-corrected chi connectivity index (χ4v) is 4.56. The second-order valence-electron chi connectivity index (χ2n) is 5.85. The minimum atomic E-state index is -3.67. The molecule has 3 rings (SSSR count). The molecule has 8 nitrogen and oxygen atoms in total. The molecule has 2 heterocycles. The number of hydrogen-bond donors (Lipinski definition) is 0. The zero-order valence-corrected chi connectivity index (χ0v) is 15.2. The third-order valence-electron chi connectivity index (χ3n) is 4.22. The van der Waals surface area contributed by atoms with E-state index >= 15 is 0 Å². The molecule has 1 aromatic rings. The average molecular weight is 370 g/mol. The van der Waals surface area contributed by atoms with E-state index in [2.05, 4.69) is 0 Å². The standard InChI is InChI=1S/C16H22N2O6S/c1-3-22-16(19)17-4-6-18(7-5-17)25(20,21)15-11-14-13(10-12(15)2)23-8-9-24-14/h10-11H,3-9H2,1-2H3. The molecule has 138 valence electrons. The van der Waals surface area contributed by atoms with E-state index < -0.39 is 16.1 Å². The fraction of sp³-hybridized carbons (Fsp3) is 0.562. The Morgan fingerprint density at radius 1 is 1.12 bits per heavy atom. The molecule has 1 fully saturated rings. The van der Waals surface area contributed by atoms with Crippen molar-refractivity contribution in [3.63, 3.8) is 0 Å². The summed E-state index contributed by atoms with van der Waals surface area (Å²) in [5.41, 5.74) is 0.608. The third-order valence-corrected chi connectivity index (χ3v) is 6.26. The van der Waals surface area contributed by atoms with Crippen LogP contribution in [0.4, 0.5) is 4.79 Å². The van der Waals surface area contributed by atoms with Gasteiger partial charge in [0.15, 0.2) is 11.5 Å². The predicted octanol–water partition coefficient (Wildman–Crippen LogP) is 1.23. The number of carbonyl (C=O) groups excluding carboxylic acids is 1. The van der Waals surface area contributed by atoms with Crippen LogP contribution in [0.25, 0.3) is 0 Å². The largest absolute Gasteiger partial charge is 0.486 e. The highest BCUT2D eigenvalue weighted by atomic mass is 32.2. The van der Waals surface area contributed by atoms with Gasteiger partial charge in [0.1, 0.15) is 13.2 Å². The van der Waals surface area contributed by atoms with E-state index in [0.29, 0.717) is 50.0 Å². The van der Waals surface area contributed by atoms with Crippen LogP contribution in [0.3, 0.4) is 0 Å². The second-order valence-corrected chi connectivity index (χ2v) is 7.76. The van der Waals surface area contributed by atoms with Crippen LogP contribution in [-0.4, -0.2) is 69.7 Å². The molecule has 0 aliphatic carbocycles. The van der Waals surface area contributed by atoms with Gasteiger partial charge in [0, 0.05) is 32.2 Å². The molecule has 0 unspecified atom stereocenters. The fourth-order valence-electron chi connectivity index (χ4n) is 2.91. The van der Waals surface area contributed by atoms with E-state index in [1.54, 1.807) is 19.9 Å². The van der Waals surface area contributed by atoms with Gasteiger partial charge >= 0.3 is 6.09 Å². The molecule has 1 amide bonds. The van der Waals surface area contributed by atoms with Crippen LogP contribution in [0.2, 0.25) is 0 Å².